The smallest absolute Gasteiger partial charge is 0.156 e. The molecule has 0 aliphatic heterocycles. The minimum atomic E-state index is -0.176. The van der Waals surface area contributed by atoms with E-state index in [1.165, 1.54) is 13.0 Å². The van der Waals surface area contributed by atoms with Crippen LogP contribution in [0.1, 0.15) is 23.9 Å². The van der Waals surface area contributed by atoms with Gasteiger partial charge in [0.25, 0.3) is 0 Å². The van der Waals surface area contributed by atoms with Gasteiger partial charge in [-0.25, -0.2) is 0 Å². The molecule has 0 amide bonds. The summed E-state index contributed by atoms with van der Waals surface area (Å²) in [5.41, 5.74) is 2.21. The van der Waals surface area contributed by atoms with Crippen LogP contribution >= 0.6 is 0 Å². The number of hydrogen-bond donors (Lipinski definition) is 1. The maximum absolute atomic E-state index is 10.8. The Morgan fingerprint density at radius 1 is 1.50 bits per heavy atom. The molecule has 0 unspecified atom stereocenters. The number of aliphatic hydroxyl groups is 1. The van der Waals surface area contributed by atoms with E-state index >= 15 is 0 Å². The lowest BCUT2D eigenvalue weighted by Crippen LogP contribution is -1.94. The highest BCUT2D eigenvalue weighted by Gasteiger charge is 2.13. The topological polar surface area (TPSA) is 55.1 Å². The van der Waals surface area contributed by atoms with E-state index < -0.39 is 0 Å². The SMILES string of the molecule is CC(=O)/C=C(\O)c1c(C)nn(C)c1C. The molecule has 1 N–H and O–H groups in total. The van der Waals surface area contributed by atoms with Crippen molar-refractivity contribution in [2.75, 3.05) is 0 Å². The van der Waals surface area contributed by atoms with Gasteiger partial charge in [-0.15, -0.1) is 0 Å². The molecule has 1 aromatic heterocycles. The van der Waals surface area contributed by atoms with Gasteiger partial charge in [0.05, 0.1) is 11.3 Å². The van der Waals surface area contributed by atoms with E-state index in [4.69, 9.17) is 0 Å². The Morgan fingerprint density at radius 2 is 2.07 bits per heavy atom. The summed E-state index contributed by atoms with van der Waals surface area (Å²) in [6.07, 6.45) is 1.21. The number of aliphatic hydroxyl groups excluding tert-OH is 1. The molecular formula is C10H14N2O2. The van der Waals surface area contributed by atoms with Crippen molar-refractivity contribution in [2.24, 2.45) is 7.05 Å². The summed E-state index contributed by atoms with van der Waals surface area (Å²) in [5, 5.41) is 13.8. The second-order valence-corrected chi connectivity index (χ2v) is 3.31. The number of carbonyl (C=O) groups is 1. The molecule has 76 valence electrons. The predicted molar refractivity (Wildman–Crippen MR) is 54.0 cm³/mol. The zero-order valence-corrected chi connectivity index (χ0v) is 8.83. The number of carbonyl (C=O) groups excluding carboxylic acids is 1. The molecule has 0 bridgehead atoms. The van der Waals surface area contributed by atoms with E-state index in [2.05, 4.69) is 5.10 Å². The highest BCUT2D eigenvalue weighted by Crippen LogP contribution is 2.19. The predicted octanol–water partition coefficient (Wildman–Crippen LogP) is 1.52. The number of hydrogen-bond acceptors (Lipinski definition) is 3. The average molecular weight is 194 g/mol. The lowest BCUT2D eigenvalue weighted by molar-refractivity contribution is -0.112. The van der Waals surface area contributed by atoms with Crippen molar-refractivity contribution in [3.8, 4) is 0 Å². The molecule has 4 heteroatoms. The summed E-state index contributed by atoms with van der Waals surface area (Å²) in [6.45, 7) is 5.04. The number of aromatic nitrogens is 2. The van der Waals surface area contributed by atoms with E-state index in [1.54, 1.807) is 18.7 Å². The van der Waals surface area contributed by atoms with Crippen molar-refractivity contribution in [3.63, 3.8) is 0 Å². The lowest BCUT2D eigenvalue weighted by atomic mass is 10.1. The first-order chi connectivity index (χ1) is 6.43. The van der Waals surface area contributed by atoms with Gasteiger partial charge in [0.2, 0.25) is 0 Å². The standard InChI is InChI=1S/C10H14N2O2/c1-6(13)5-9(14)10-7(2)11-12(4)8(10)3/h5,14H,1-4H3/b9-5-. The molecule has 0 spiro atoms. The fraction of sp³-hybridized carbons (Fsp3) is 0.400. The monoisotopic (exact) mass is 194 g/mol. The molecule has 1 aromatic rings. The third-order valence-corrected chi connectivity index (χ3v) is 2.11. The third-order valence-electron chi connectivity index (χ3n) is 2.11. The second kappa shape index (κ2) is 3.65. The number of aryl methyl sites for hydroxylation is 2. The highest BCUT2D eigenvalue weighted by molar-refractivity contribution is 5.93. The summed E-state index contributed by atoms with van der Waals surface area (Å²) in [6, 6.07) is 0. The minimum absolute atomic E-state index is 0.0133. The first kappa shape index (κ1) is 10.5. The van der Waals surface area contributed by atoms with Crippen LogP contribution in [0.2, 0.25) is 0 Å². The summed E-state index contributed by atoms with van der Waals surface area (Å²) in [7, 11) is 1.80. The molecule has 0 saturated carbocycles. The van der Waals surface area contributed by atoms with E-state index in [-0.39, 0.29) is 11.5 Å². The molecular weight excluding hydrogens is 180 g/mol. The van der Waals surface area contributed by atoms with Gasteiger partial charge in [0.15, 0.2) is 5.78 Å². The molecule has 0 atom stereocenters. The van der Waals surface area contributed by atoms with Crippen molar-refractivity contribution in [2.45, 2.75) is 20.8 Å². The van der Waals surface area contributed by atoms with Crippen LogP contribution in [0.3, 0.4) is 0 Å². The number of ketones is 1. The van der Waals surface area contributed by atoms with Gasteiger partial charge in [0, 0.05) is 18.8 Å². The molecule has 1 rings (SSSR count). The van der Waals surface area contributed by atoms with Crippen LogP contribution in [0.15, 0.2) is 6.08 Å². The summed E-state index contributed by atoms with van der Waals surface area (Å²) >= 11 is 0. The van der Waals surface area contributed by atoms with E-state index in [0.717, 1.165) is 11.4 Å². The van der Waals surface area contributed by atoms with Crippen LogP contribution in [0, 0.1) is 13.8 Å². The lowest BCUT2D eigenvalue weighted by Gasteiger charge is -1.99. The van der Waals surface area contributed by atoms with Crippen LogP contribution in [0.25, 0.3) is 5.76 Å². The van der Waals surface area contributed by atoms with Crippen LogP contribution in [0.5, 0.6) is 0 Å². The van der Waals surface area contributed by atoms with Crippen molar-refractivity contribution in [1.82, 2.24) is 9.78 Å². The first-order valence-corrected chi connectivity index (χ1v) is 4.35. The molecule has 0 saturated heterocycles. The van der Waals surface area contributed by atoms with Crippen molar-refractivity contribution in [3.05, 3.63) is 23.0 Å². The second-order valence-electron chi connectivity index (χ2n) is 3.31. The summed E-state index contributed by atoms with van der Waals surface area (Å²) < 4.78 is 1.68. The Morgan fingerprint density at radius 3 is 2.43 bits per heavy atom. The average Bonchev–Trinajstić information content (AvgIpc) is 2.25. The van der Waals surface area contributed by atoms with Crippen molar-refractivity contribution < 1.29 is 9.90 Å². The van der Waals surface area contributed by atoms with Crippen LogP contribution in [-0.4, -0.2) is 20.7 Å². The molecule has 0 fully saturated rings. The van der Waals surface area contributed by atoms with Crippen molar-refractivity contribution in [1.29, 1.82) is 0 Å². The quantitative estimate of drug-likeness (QED) is 0.573. The van der Waals surface area contributed by atoms with Gasteiger partial charge >= 0.3 is 0 Å². The van der Waals surface area contributed by atoms with Crippen LogP contribution in [-0.2, 0) is 11.8 Å². The van der Waals surface area contributed by atoms with Gasteiger partial charge < -0.3 is 5.11 Å². The third kappa shape index (κ3) is 1.84. The summed E-state index contributed by atoms with van der Waals surface area (Å²) in [5.74, 6) is -0.189. The van der Waals surface area contributed by atoms with Gasteiger partial charge in [0.1, 0.15) is 5.76 Å². The fourth-order valence-corrected chi connectivity index (χ4v) is 1.41. The largest absolute Gasteiger partial charge is 0.507 e. The molecule has 0 aromatic carbocycles. The van der Waals surface area contributed by atoms with E-state index in [9.17, 15) is 9.90 Å². The first-order valence-electron chi connectivity index (χ1n) is 4.35. The Bertz CT molecular complexity index is 402. The Balaban J connectivity index is 3.25. The van der Waals surface area contributed by atoms with Gasteiger partial charge in [-0.2, -0.15) is 5.10 Å². The fourth-order valence-electron chi connectivity index (χ4n) is 1.41. The molecule has 0 aliphatic rings. The zero-order chi connectivity index (χ0) is 10.9. The number of allylic oxidation sites excluding steroid dienone is 1. The molecule has 14 heavy (non-hydrogen) atoms. The maximum Gasteiger partial charge on any atom is 0.156 e. The Labute approximate surface area is 82.9 Å². The van der Waals surface area contributed by atoms with Crippen LogP contribution in [0.4, 0.5) is 0 Å². The van der Waals surface area contributed by atoms with Crippen LogP contribution < -0.4 is 0 Å². The number of rotatable bonds is 2. The van der Waals surface area contributed by atoms with Gasteiger partial charge in [-0.05, 0) is 20.8 Å². The van der Waals surface area contributed by atoms with E-state index in [0.29, 0.717) is 5.56 Å². The minimum Gasteiger partial charge on any atom is -0.507 e. The maximum atomic E-state index is 10.8. The number of nitrogens with zero attached hydrogens (tertiary/aromatic N) is 2. The van der Waals surface area contributed by atoms with Gasteiger partial charge in [-0.3, -0.25) is 9.48 Å². The highest BCUT2D eigenvalue weighted by atomic mass is 16.3. The van der Waals surface area contributed by atoms with Crippen molar-refractivity contribution >= 4 is 11.5 Å². The zero-order valence-electron chi connectivity index (χ0n) is 8.83. The van der Waals surface area contributed by atoms with E-state index in [1.807, 2.05) is 6.92 Å². The normalized spacial score (nSPS) is 11.9. The Kier molecular flexibility index (Phi) is 2.74. The van der Waals surface area contributed by atoms with Gasteiger partial charge in [-0.1, -0.05) is 0 Å². The molecule has 0 radical (unpaired) electrons. The Hall–Kier alpha value is -1.58. The molecule has 4 nitrogen and oxygen atoms in total. The molecule has 1 heterocycles. The molecule has 0 aliphatic carbocycles. The summed E-state index contributed by atoms with van der Waals surface area (Å²) in [4.78, 5) is 10.8.